The number of hydrogen-bond acceptors (Lipinski definition) is 6. The van der Waals surface area contributed by atoms with E-state index in [0.29, 0.717) is 11.0 Å². The van der Waals surface area contributed by atoms with Crippen molar-refractivity contribution in [2.45, 2.75) is 93.0 Å². The second-order valence-corrected chi connectivity index (χ2v) is 11.3. The van der Waals surface area contributed by atoms with Gasteiger partial charge in [-0.3, -0.25) is 15.0 Å². The van der Waals surface area contributed by atoms with Gasteiger partial charge in [0.05, 0.1) is 22.8 Å². The Morgan fingerprint density at radius 1 is 1.16 bits per heavy atom. The van der Waals surface area contributed by atoms with Crippen molar-refractivity contribution in [3.63, 3.8) is 0 Å². The Labute approximate surface area is 192 Å². The van der Waals surface area contributed by atoms with Crippen molar-refractivity contribution < 1.29 is 19.4 Å². The largest absolute Gasteiger partial charge is 0.481 e. The van der Waals surface area contributed by atoms with Crippen molar-refractivity contribution in [1.29, 1.82) is 0 Å². The van der Waals surface area contributed by atoms with Crippen molar-refractivity contribution in [3.05, 3.63) is 6.20 Å². The smallest absolute Gasteiger partial charge is 0.326 e. The average molecular weight is 468 g/mol. The molecule has 9 heteroatoms. The van der Waals surface area contributed by atoms with E-state index in [4.69, 9.17) is 9.84 Å². The lowest BCUT2D eigenvalue weighted by molar-refractivity contribution is -0.171. The molecule has 172 valence electrons. The Balaban J connectivity index is 1.51. The van der Waals surface area contributed by atoms with Crippen LogP contribution in [0.5, 0.6) is 0 Å². The van der Waals surface area contributed by atoms with Gasteiger partial charge >= 0.3 is 12.0 Å². The predicted octanol–water partition coefficient (Wildman–Crippen LogP) is 5.57. The molecule has 0 aliphatic heterocycles. The fraction of sp³-hybridized carbons (Fsp3) is 0.773. The SMILES string of the molecule is O=C(O)CSc1cnc(NC(=O)N(C2CCCCC2)C2(OCC3CC3)CCCCC2)s1. The molecule has 0 saturated heterocycles. The third-order valence-electron chi connectivity index (χ3n) is 6.55. The molecule has 0 spiro atoms. The quantitative estimate of drug-likeness (QED) is 0.364. The molecule has 3 fully saturated rings. The highest BCUT2D eigenvalue weighted by molar-refractivity contribution is 8.01. The number of rotatable bonds is 9. The summed E-state index contributed by atoms with van der Waals surface area (Å²) in [4.78, 5) is 30.8. The highest BCUT2D eigenvalue weighted by atomic mass is 32.2. The van der Waals surface area contributed by atoms with Crippen molar-refractivity contribution in [2.24, 2.45) is 5.92 Å². The number of ether oxygens (including phenoxy) is 1. The van der Waals surface area contributed by atoms with Crippen LogP contribution in [0.4, 0.5) is 9.93 Å². The number of amides is 2. The molecule has 3 aliphatic rings. The maximum atomic E-state index is 13.7. The molecule has 2 amide bonds. The Kier molecular flexibility index (Phi) is 7.77. The second-order valence-electron chi connectivity index (χ2n) is 9.02. The number of carboxylic acid groups (broad SMARTS) is 1. The summed E-state index contributed by atoms with van der Waals surface area (Å²) >= 11 is 2.56. The van der Waals surface area contributed by atoms with Gasteiger partial charge < -0.3 is 9.84 Å². The van der Waals surface area contributed by atoms with E-state index in [1.165, 1.54) is 48.8 Å². The first kappa shape index (κ1) is 22.9. The molecule has 3 aliphatic carbocycles. The van der Waals surface area contributed by atoms with Crippen LogP contribution in [0.15, 0.2) is 10.4 Å². The summed E-state index contributed by atoms with van der Waals surface area (Å²) in [5.74, 6) is -0.218. The van der Waals surface area contributed by atoms with Crippen LogP contribution < -0.4 is 5.32 Å². The van der Waals surface area contributed by atoms with Gasteiger partial charge in [-0.15, -0.1) is 11.8 Å². The van der Waals surface area contributed by atoms with Crippen molar-refractivity contribution in [1.82, 2.24) is 9.88 Å². The van der Waals surface area contributed by atoms with E-state index >= 15 is 0 Å². The van der Waals surface area contributed by atoms with Crippen LogP contribution in [-0.2, 0) is 9.53 Å². The molecule has 1 heterocycles. The molecular weight excluding hydrogens is 434 g/mol. The first-order chi connectivity index (χ1) is 15.1. The molecule has 0 radical (unpaired) electrons. The number of nitrogens with zero attached hydrogens (tertiary/aromatic N) is 2. The topological polar surface area (TPSA) is 91.8 Å². The average Bonchev–Trinajstić information content (AvgIpc) is 3.50. The van der Waals surface area contributed by atoms with Gasteiger partial charge in [0.2, 0.25) is 0 Å². The minimum absolute atomic E-state index is 0.0120. The predicted molar refractivity (Wildman–Crippen MR) is 123 cm³/mol. The summed E-state index contributed by atoms with van der Waals surface area (Å²) in [5.41, 5.74) is -0.509. The number of aromatic nitrogens is 1. The summed E-state index contributed by atoms with van der Waals surface area (Å²) in [6.07, 6.45) is 14.9. The number of carboxylic acids is 1. The molecule has 0 atom stereocenters. The van der Waals surface area contributed by atoms with Gasteiger partial charge in [0, 0.05) is 6.04 Å². The van der Waals surface area contributed by atoms with Gasteiger partial charge in [-0.1, -0.05) is 37.0 Å². The number of thiazole rings is 1. The number of thioether (sulfide) groups is 1. The van der Waals surface area contributed by atoms with Crippen LogP contribution in [0.1, 0.15) is 77.0 Å². The lowest BCUT2D eigenvalue weighted by Gasteiger charge is -2.50. The number of nitrogens with one attached hydrogen (secondary N) is 1. The number of hydrogen-bond donors (Lipinski definition) is 2. The number of carbonyl (C=O) groups excluding carboxylic acids is 1. The first-order valence-corrected chi connectivity index (χ1v) is 13.4. The van der Waals surface area contributed by atoms with Gasteiger partial charge in [0.15, 0.2) is 5.13 Å². The fourth-order valence-corrected chi connectivity index (χ4v) is 6.39. The lowest BCUT2D eigenvalue weighted by atomic mass is 9.86. The van der Waals surface area contributed by atoms with Crippen molar-refractivity contribution >= 4 is 40.2 Å². The standard InChI is InChI=1S/C22H33N3O4S2/c26-18(27)15-30-19-13-23-20(31-19)24-21(28)25(17-7-3-1-4-8-17)22(11-5-2-6-12-22)29-14-16-9-10-16/h13,16-17H,1-12,14-15H2,(H,26,27)(H,23,24,28). The maximum absolute atomic E-state index is 13.7. The normalized spacial score (nSPS) is 21.5. The van der Waals surface area contributed by atoms with E-state index in [-0.39, 0.29) is 17.8 Å². The highest BCUT2D eigenvalue weighted by Gasteiger charge is 2.46. The van der Waals surface area contributed by atoms with Crippen LogP contribution in [0.2, 0.25) is 0 Å². The molecule has 0 aromatic carbocycles. The molecule has 7 nitrogen and oxygen atoms in total. The van der Waals surface area contributed by atoms with E-state index in [9.17, 15) is 9.59 Å². The van der Waals surface area contributed by atoms with Gasteiger partial charge in [-0.2, -0.15) is 0 Å². The van der Waals surface area contributed by atoms with Gasteiger partial charge in [0.25, 0.3) is 0 Å². The van der Waals surface area contributed by atoms with E-state index < -0.39 is 11.7 Å². The molecule has 4 rings (SSSR count). The number of anilines is 1. The zero-order chi connectivity index (χ0) is 21.7. The molecule has 0 unspecified atom stereocenters. The summed E-state index contributed by atoms with van der Waals surface area (Å²) in [7, 11) is 0. The van der Waals surface area contributed by atoms with Crippen molar-refractivity contribution in [3.8, 4) is 0 Å². The van der Waals surface area contributed by atoms with Gasteiger partial charge in [-0.05, 0) is 57.3 Å². The Morgan fingerprint density at radius 2 is 1.87 bits per heavy atom. The van der Waals surface area contributed by atoms with Crippen LogP contribution in [0.3, 0.4) is 0 Å². The molecule has 31 heavy (non-hydrogen) atoms. The zero-order valence-corrected chi connectivity index (χ0v) is 19.6. The number of aliphatic carboxylic acids is 1. The number of urea groups is 1. The van der Waals surface area contributed by atoms with E-state index in [1.54, 1.807) is 6.20 Å². The molecule has 2 N–H and O–H groups in total. The van der Waals surface area contributed by atoms with Gasteiger partial charge in [0.1, 0.15) is 5.72 Å². The zero-order valence-electron chi connectivity index (χ0n) is 18.0. The van der Waals surface area contributed by atoms with Crippen LogP contribution in [-0.4, -0.2) is 51.1 Å². The summed E-state index contributed by atoms with van der Waals surface area (Å²) in [5, 5.41) is 12.4. The molecule has 3 saturated carbocycles. The van der Waals surface area contributed by atoms with E-state index in [2.05, 4.69) is 15.2 Å². The van der Waals surface area contributed by atoms with Crippen LogP contribution in [0.25, 0.3) is 0 Å². The van der Waals surface area contributed by atoms with Crippen LogP contribution in [0, 0.1) is 5.92 Å². The summed E-state index contributed by atoms with van der Waals surface area (Å²) in [6, 6.07) is 0.0839. The summed E-state index contributed by atoms with van der Waals surface area (Å²) < 4.78 is 7.41. The number of carbonyl (C=O) groups is 2. The van der Waals surface area contributed by atoms with Crippen molar-refractivity contribution in [2.75, 3.05) is 17.7 Å². The lowest BCUT2D eigenvalue weighted by Crippen LogP contribution is -2.60. The molecule has 0 bridgehead atoms. The molecular formula is C22H33N3O4S2. The van der Waals surface area contributed by atoms with E-state index in [1.807, 2.05) is 0 Å². The fourth-order valence-electron chi connectivity index (χ4n) is 4.81. The minimum Gasteiger partial charge on any atom is -0.481 e. The summed E-state index contributed by atoms with van der Waals surface area (Å²) in [6.45, 7) is 0.754. The maximum Gasteiger partial charge on any atom is 0.326 e. The Morgan fingerprint density at radius 3 is 2.55 bits per heavy atom. The Bertz CT molecular complexity index is 756. The van der Waals surface area contributed by atoms with Crippen LogP contribution >= 0.6 is 23.1 Å². The highest BCUT2D eigenvalue weighted by Crippen LogP contribution is 2.42. The first-order valence-electron chi connectivity index (χ1n) is 11.6. The third-order valence-corrected chi connectivity index (χ3v) is 8.65. The second kappa shape index (κ2) is 10.5. The van der Waals surface area contributed by atoms with Gasteiger partial charge in [-0.25, -0.2) is 9.78 Å². The third kappa shape index (κ3) is 6.14. The molecule has 1 aromatic heterocycles. The molecule has 1 aromatic rings. The Hall–Kier alpha value is -1.32. The minimum atomic E-state index is -0.862. The van der Waals surface area contributed by atoms with E-state index in [0.717, 1.165) is 62.2 Å². The monoisotopic (exact) mass is 467 g/mol.